The summed E-state index contributed by atoms with van der Waals surface area (Å²) in [5.74, 6) is -0.445. The smallest absolute Gasteiger partial charge is 0.195 e. The van der Waals surface area contributed by atoms with Crippen molar-refractivity contribution >= 4 is 5.78 Å². The monoisotopic (exact) mass is 374 g/mol. The van der Waals surface area contributed by atoms with E-state index in [1.807, 2.05) is 0 Å². The number of rotatable bonds is 5. The van der Waals surface area contributed by atoms with Crippen LogP contribution in [0.15, 0.2) is 36.5 Å². The molecule has 2 aliphatic rings. The molecule has 7 heteroatoms. The molecule has 5 nitrogen and oxygen atoms in total. The van der Waals surface area contributed by atoms with E-state index in [1.54, 1.807) is 0 Å². The number of carbonyl (C=O) groups excluding carboxylic acids is 1. The minimum absolute atomic E-state index is 0.0332. The summed E-state index contributed by atoms with van der Waals surface area (Å²) in [5, 5.41) is 9.25. The number of likely N-dealkylation sites (tertiary alicyclic amines) is 1. The van der Waals surface area contributed by atoms with Crippen LogP contribution in [0.1, 0.15) is 23.3 Å². The molecule has 0 bridgehead atoms. The van der Waals surface area contributed by atoms with Gasteiger partial charge in [-0.2, -0.15) is 0 Å². The number of ether oxygens (including phenoxy) is 1. The van der Waals surface area contributed by atoms with Crippen LogP contribution in [-0.4, -0.2) is 46.5 Å². The summed E-state index contributed by atoms with van der Waals surface area (Å²) in [5.41, 5.74) is 0.345. The van der Waals surface area contributed by atoms with Crippen LogP contribution in [0.3, 0.4) is 0 Å². The first-order chi connectivity index (χ1) is 13.0. The molecule has 1 aliphatic carbocycles. The van der Waals surface area contributed by atoms with Gasteiger partial charge in [-0.25, -0.2) is 13.8 Å². The van der Waals surface area contributed by atoms with E-state index in [2.05, 4.69) is 9.88 Å². The van der Waals surface area contributed by atoms with Crippen molar-refractivity contribution in [2.24, 2.45) is 11.8 Å². The van der Waals surface area contributed by atoms with E-state index in [4.69, 9.17) is 4.74 Å². The number of fused-ring (bicyclic) bond motifs is 1. The third-order valence-electron chi connectivity index (χ3n) is 5.37. The predicted octanol–water partition coefficient (Wildman–Crippen LogP) is 3.04. The van der Waals surface area contributed by atoms with Crippen molar-refractivity contribution < 1.29 is 23.4 Å². The standard InChI is InChI=1S/C20H20F2N2O3/c21-14-1-4-20(17(22)7-14)27-16-5-12-9-24(10-13(12)6-16)11-19(26)18-3-2-15(25)8-23-18/h1-4,7-8,12-13,16,25H,5-6,9-11H2/t12-,13+,16?. The number of nitrogens with zero attached hydrogens (tertiary/aromatic N) is 2. The molecule has 1 aromatic carbocycles. The van der Waals surface area contributed by atoms with Gasteiger partial charge < -0.3 is 9.84 Å². The Morgan fingerprint density at radius 1 is 1.19 bits per heavy atom. The Balaban J connectivity index is 1.30. The number of pyridine rings is 1. The van der Waals surface area contributed by atoms with Gasteiger partial charge in [-0.05, 0) is 48.9 Å². The Kier molecular flexibility index (Phi) is 4.78. The van der Waals surface area contributed by atoms with E-state index in [0.717, 1.165) is 32.0 Å². The highest BCUT2D eigenvalue weighted by molar-refractivity contribution is 5.95. The molecule has 2 fully saturated rings. The normalized spacial score (nSPS) is 24.7. The predicted molar refractivity (Wildman–Crippen MR) is 93.7 cm³/mol. The highest BCUT2D eigenvalue weighted by atomic mass is 19.1. The fourth-order valence-corrected chi connectivity index (χ4v) is 4.15. The van der Waals surface area contributed by atoms with Crippen LogP contribution in [-0.2, 0) is 0 Å². The summed E-state index contributed by atoms with van der Waals surface area (Å²) >= 11 is 0. The summed E-state index contributed by atoms with van der Waals surface area (Å²) < 4.78 is 32.5. The van der Waals surface area contributed by atoms with Gasteiger partial charge in [-0.3, -0.25) is 9.69 Å². The first-order valence-electron chi connectivity index (χ1n) is 9.00. The molecule has 1 saturated carbocycles. The largest absolute Gasteiger partial charge is 0.506 e. The van der Waals surface area contributed by atoms with Crippen molar-refractivity contribution in [1.82, 2.24) is 9.88 Å². The van der Waals surface area contributed by atoms with E-state index < -0.39 is 11.6 Å². The summed E-state index contributed by atoms with van der Waals surface area (Å²) in [7, 11) is 0. The first kappa shape index (κ1) is 17.9. The molecule has 0 amide bonds. The number of hydrogen-bond donors (Lipinski definition) is 1. The number of halogens is 2. The molecule has 0 spiro atoms. The van der Waals surface area contributed by atoms with Crippen LogP contribution in [0.25, 0.3) is 0 Å². The average molecular weight is 374 g/mol. The number of ketones is 1. The lowest BCUT2D eigenvalue weighted by Gasteiger charge is -2.19. The third-order valence-corrected chi connectivity index (χ3v) is 5.37. The van der Waals surface area contributed by atoms with Crippen molar-refractivity contribution in [3.05, 3.63) is 53.9 Å². The number of Topliss-reactive ketones (excluding diaryl/α,β-unsaturated/α-hetero) is 1. The molecule has 0 radical (unpaired) electrons. The Labute approximate surface area is 155 Å². The van der Waals surface area contributed by atoms with E-state index in [9.17, 15) is 18.7 Å². The lowest BCUT2D eigenvalue weighted by atomic mass is 10.0. The number of carbonyl (C=O) groups is 1. The van der Waals surface area contributed by atoms with Crippen molar-refractivity contribution in [3.63, 3.8) is 0 Å². The minimum atomic E-state index is -0.680. The number of hydrogen-bond acceptors (Lipinski definition) is 5. The molecule has 27 heavy (non-hydrogen) atoms. The van der Waals surface area contributed by atoms with E-state index in [0.29, 0.717) is 24.1 Å². The van der Waals surface area contributed by atoms with E-state index in [1.165, 1.54) is 30.5 Å². The fraction of sp³-hybridized carbons (Fsp3) is 0.400. The molecule has 2 aromatic rings. The Morgan fingerprint density at radius 3 is 2.56 bits per heavy atom. The van der Waals surface area contributed by atoms with Crippen molar-refractivity contribution in [1.29, 1.82) is 0 Å². The lowest BCUT2D eigenvalue weighted by molar-refractivity contribution is 0.0931. The van der Waals surface area contributed by atoms with Gasteiger partial charge in [0.15, 0.2) is 17.3 Å². The highest BCUT2D eigenvalue weighted by Gasteiger charge is 2.42. The molecule has 1 aliphatic heterocycles. The third kappa shape index (κ3) is 3.93. The zero-order chi connectivity index (χ0) is 19.0. The van der Waals surface area contributed by atoms with Crippen LogP contribution in [0.2, 0.25) is 0 Å². The minimum Gasteiger partial charge on any atom is -0.506 e. The van der Waals surface area contributed by atoms with Crippen LogP contribution < -0.4 is 4.74 Å². The quantitative estimate of drug-likeness (QED) is 0.815. The van der Waals surface area contributed by atoms with Gasteiger partial charge in [0.2, 0.25) is 0 Å². The van der Waals surface area contributed by atoms with Crippen LogP contribution in [0.5, 0.6) is 11.5 Å². The van der Waals surface area contributed by atoms with Gasteiger partial charge in [0.25, 0.3) is 0 Å². The molecule has 1 unspecified atom stereocenters. The van der Waals surface area contributed by atoms with E-state index >= 15 is 0 Å². The molecule has 3 atom stereocenters. The van der Waals surface area contributed by atoms with Gasteiger partial charge in [0.05, 0.1) is 18.8 Å². The topological polar surface area (TPSA) is 62.7 Å². The van der Waals surface area contributed by atoms with Crippen molar-refractivity contribution in [3.8, 4) is 11.5 Å². The maximum absolute atomic E-state index is 13.8. The summed E-state index contributed by atoms with van der Waals surface area (Å²) in [6.45, 7) is 1.88. The SMILES string of the molecule is O=C(CN1C[C@H]2CC(Oc3ccc(F)cc3F)C[C@H]2C1)c1ccc(O)cn1. The fourth-order valence-electron chi connectivity index (χ4n) is 4.15. The maximum atomic E-state index is 13.8. The number of benzene rings is 1. The molecule has 142 valence electrons. The molecule has 1 saturated heterocycles. The Morgan fingerprint density at radius 2 is 1.93 bits per heavy atom. The number of aromatic nitrogens is 1. The summed E-state index contributed by atoms with van der Waals surface area (Å²) in [4.78, 5) is 18.4. The summed E-state index contributed by atoms with van der Waals surface area (Å²) in [6.07, 6.45) is 2.77. The molecule has 1 aromatic heterocycles. The molecular weight excluding hydrogens is 354 g/mol. The van der Waals surface area contributed by atoms with Gasteiger partial charge in [-0.1, -0.05) is 0 Å². The average Bonchev–Trinajstić information content (AvgIpc) is 3.15. The molecule has 1 N–H and O–H groups in total. The second kappa shape index (κ2) is 7.23. The molecule has 2 heterocycles. The lowest BCUT2D eigenvalue weighted by Crippen LogP contribution is -2.30. The second-order valence-corrected chi connectivity index (χ2v) is 7.33. The van der Waals surface area contributed by atoms with Gasteiger partial charge in [0.1, 0.15) is 17.3 Å². The van der Waals surface area contributed by atoms with Crippen LogP contribution in [0, 0.1) is 23.5 Å². The maximum Gasteiger partial charge on any atom is 0.195 e. The molecular formula is C20H20F2N2O3. The van der Waals surface area contributed by atoms with Crippen LogP contribution >= 0.6 is 0 Å². The Hall–Kier alpha value is -2.54. The van der Waals surface area contributed by atoms with Crippen LogP contribution in [0.4, 0.5) is 8.78 Å². The first-order valence-corrected chi connectivity index (χ1v) is 9.00. The van der Waals surface area contributed by atoms with Crippen molar-refractivity contribution in [2.45, 2.75) is 18.9 Å². The summed E-state index contributed by atoms with van der Waals surface area (Å²) in [6, 6.07) is 6.33. The highest BCUT2D eigenvalue weighted by Crippen LogP contribution is 2.40. The zero-order valence-electron chi connectivity index (χ0n) is 14.6. The number of aromatic hydroxyl groups is 1. The second-order valence-electron chi connectivity index (χ2n) is 7.33. The van der Waals surface area contributed by atoms with Gasteiger partial charge in [0, 0.05) is 19.2 Å². The molecule has 4 rings (SSSR count). The zero-order valence-corrected chi connectivity index (χ0v) is 14.6. The van der Waals surface area contributed by atoms with Gasteiger partial charge >= 0.3 is 0 Å². The van der Waals surface area contributed by atoms with E-state index in [-0.39, 0.29) is 23.4 Å². The van der Waals surface area contributed by atoms with Crippen molar-refractivity contribution in [2.75, 3.05) is 19.6 Å². The van der Waals surface area contributed by atoms with Gasteiger partial charge in [-0.15, -0.1) is 0 Å². The Bertz CT molecular complexity index is 830.